The second kappa shape index (κ2) is 6.96. The van der Waals surface area contributed by atoms with Crippen LogP contribution in [0.4, 0.5) is 11.4 Å². The molecule has 2 aromatic carbocycles. The molecule has 27 heavy (non-hydrogen) atoms. The predicted octanol–water partition coefficient (Wildman–Crippen LogP) is 3.37. The van der Waals surface area contributed by atoms with E-state index in [0.717, 1.165) is 28.6 Å². The first kappa shape index (κ1) is 16.9. The van der Waals surface area contributed by atoms with Crippen LogP contribution < -0.4 is 10.2 Å². The summed E-state index contributed by atoms with van der Waals surface area (Å²) in [6, 6.07) is 18.1. The molecule has 2 aliphatic heterocycles. The van der Waals surface area contributed by atoms with Crippen molar-refractivity contribution in [2.24, 2.45) is 9.98 Å². The monoisotopic (exact) mass is 356 g/mol. The van der Waals surface area contributed by atoms with Gasteiger partial charge in [0.05, 0.1) is 24.2 Å². The zero-order valence-electron chi connectivity index (χ0n) is 15.3. The smallest absolute Gasteiger partial charge is 0.173 e. The molecule has 1 N–H and O–H groups in total. The van der Waals surface area contributed by atoms with Crippen LogP contribution in [-0.4, -0.2) is 37.2 Å². The normalized spacial score (nSPS) is 17.7. The Balaban J connectivity index is 1.54. The van der Waals surface area contributed by atoms with Crippen molar-refractivity contribution < 1.29 is 0 Å². The first-order valence-electron chi connectivity index (χ1n) is 8.78. The molecular formula is C21H20N6. The number of amidine groups is 2. The quantitative estimate of drug-likeness (QED) is 0.916. The Morgan fingerprint density at radius 3 is 2.74 bits per heavy atom. The molecule has 0 fully saturated rings. The van der Waals surface area contributed by atoms with Crippen LogP contribution >= 0.6 is 0 Å². The Morgan fingerprint density at radius 2 is 2.00 bits per heavy atom. The van der Waals surface area contributed by atoms with E-state index in [1.165, 1.54) is 0 Å². The van der Waals surface area contributed by atoms with Crippen molar-refractivity contribution in [3.05, 3.63) is 72.1 Å². The average molecular weight is 356 g/mol. The standard InChI is InChI=1S/C21H20N6/c1-26(2)18-5-3-4-17(12-18)25-20-21-24-14-19(27(21)11-10-23-20)16-8-6-15(13-22)7-9-16/h3-12,19H,14H2,1-2H3,(H,23,25). The highest BCUT2D eigenvalue weighted by atomic mass is 15.3. The van der Waals surface area contributed by atoms with Gasteiger partial charge in [0.2, 0.25) is 0 Å². The Morgan fingerprint density at radius 1 is 1.19 bits per heavy atom. The minimum absolute atomic E-state index is 0.115. The van der Waals surface area contributed by atoms with Crippen LogP contribution in [0.15, 0.2) is 70.9 Å². The third-order valence-electron chi connectivity index (χ3n) is 4.69. The minimum Gasteiger partial charge on any atom is -0.378 e. The molecule has 6 nitrogen and oxygen atoms in total. The molecule has 0 aromatic heterocycles. The molecule has 2 heterocycles. The molecular weight excluding hydrogens is 336 g/mol. The highest BCUT2D eigenvalue weighted by Gasteiger charge is 2.32. The number of nitrogens with one attached hydrogen (secondary N) is 1. The molecule has 0 aliphatic carbocycles. The van der Waals surface area contributed by atoms with Crippen molar-refractivity contribution in [2.45, 2.75) is 6.04 Å². The molecule has 2 aliphatic rings. The summed E-state index contributed by atoms with van der Waals surface area (Å²) < 4.78 is 0. The highest BCUT2D eigenvalue weighted by Crippen LogP contribution is 2.29. The van der Waals surface area contributed by atoms with Gasteiger partial charge in [-0.3, -0.25) is 4.99 Å². The maximum atomic E-state index is 8.99. The van der Waals surface area contributed by atoms with Crippen LogP contribution in [0.3, 0.4) is 0 Å². The number of nitrogens with zero attached hydrogens (tertiary/aromatic N) is 5. The van der Waals surface area contributed by atoms with Crippen LogP contribution in [0.25, 0.3) is 0 Å². The Kier molecular flexibility index (Phi) is 4.35. The predicted molar refractivity (Wildman–Crippen MR) is 109 cm³/mol. The lowest BCUT2D eigenvalue weighted by Gasteiger charge is -2.27. The van der Waals surface area contributed by atoms with Crippen molar-refractivity contribution in [1.29, 1.82) is 5.26 Å². The van der Waals surface area contributed by atoms with Gasteiger partial charge in [-0.1, -0.05) is 18.2 Å². The maximum absolute atomic E-state index is 8.99. The molecule has 0 radical (unpaired) electrons. The molecule has 0 spiro atoms. The van der Waals surface area contributed by atoms with Crippen LogP contribution in [0.5, 0.6) is 0 Å². The summed E-state index contributed by atoms with van der Waals surface area (Å²) in [5.41, 5.74) is 3.89. The van der Waals surface area contributed by atoms with E-state index in [-0.39, 0.29) is 6.04 Å². The minimum atomic E-state index is 0.115. The molecule has 0 saturated carbocycles. The molecule has 1 unspecified atom stereocenters. The lowest BCUT2D eigenvalue weighted by molar-refractivity contribution is 0.458. The van der Waals surface area contributed by atoms with Gasteiger partial charge in [-0.25, -0.2) is 4.99 Å². The van der Waals surface area contributed by atoms with Gasteiger partial charge in [0.1, 0.15) is 0 Å². The van der Waals surface area contributed by atoms with Crippen molar-refractivity contribution >= 4 is 23.0 Å². The second-order valence-electron chi connectivity index (χ2n) is 6.67. The summed E-state index contributed by atoms with van der Waals surface area (Å²) in [6.07, 6.45) is 3.75. The molecule has 0 bridgehead atoms. The van der Waals surface area contributed by atoms with Crippen LogP contribution in [0.1, 0.15) is 17.2 Å². The van der Waals surface area contributed by atoms with Gasteiger partial charge in [0.25, 0.3) is 0 Å². The first-order chi connectivity index (χ1) is 13.2. The number of nitriles is 1. The van der Waals surface area contributed by atoms with Gasteiger partial charge in [-0.05, 0) is 35.9 Å². The zero-order valence-corrected chi connectivity index (χ0v) is 15.3. The third-order valence-corrected chi connectivity index (χ3v) is 4.69. The number of fused-ring (bicyclic) bond motifs is 1. The summed E-state index contributed by atoms with van der Waals surface area (Å²) >= 11 is 0. The van der Waals surface area contributed by atoms with Gasteiger partial charge in [0, 0.05) is 37.9 Å². The van der Waals surface area contributed by atoms with Crippen LogP contribution in [0.2, 0.25) is 0 Å². The van der Waals surface area contributed by atoms with E-state index in [0.29, 0.717) is 12.1 Å². The summed E-state index contributed by atoms with van der Waals surface area (Å²) in [5, 5.41) is 12.4. The lowest BCUT2D eigenvalue weighted by Crippen LogP contribution is -2.37. The molecule has 0 saturated heterocycles. The zero-order chi connectivity index (χ0) is 18.8. The van der Waals surface area contributed by atoms with E-state index in [9.17, 15) is 0 Å². The SMILES string of the molecule is CN(C)c1cccc(NC2=NC=CN3C2=NCC3c2ccc(C#N)cc2)c1. The first-order valence-corrected chi connectivity index (χ1v) is 8.78. The van der Waals surface area contributed by atoms with Gasteiger partial charge < -0.3 is 15.1 Å². The van der Waals surface area contributed by atoms with E-state index in [2.05, 4.69) is 38.3 Å². The van der Waals surface area contributed by atoms with Crippen LogP contribution in [-0.2, 0) is 0 Å². The Labute approximate surface area is 158 Å². The largest absolute Gasteiger partial charge is 0.378 e. The fraction of sp³-hybridized carbons (Fsp3) is 0.190. The molecule has 1 atom stereocenters. The molecule has 2 aromatic rings. The van der Waals surface area contributed by atoms with Gasteiger partial charge >= 0.3 is 0 Å². The van der Waals surface area contributed by atoms with Gasteiger partial charge in [-0.2, -0.15) is 5.26 Å². The molecule has 6 heteroatoms. The van der Waals surface area contributed by atoms with E-state index >= 15 is 0 Å². The number of aliphatic imine (C=N–C) groups is 2. The fourth-order valence-corrected chi connectivity index (χ4v) is 3.23. The van der Waals surface area contributed by atoms with E-state index in [1.54, 1.807) is 6.20 Å². The van der Waals surface area contributed by atoms with E-state index in [4.69, 9.17) is 10.3 Å². The van der Waals surface area contributed by atoms with Crippen molar-refractivity contribution in [3.8, 4) is 6.07 Å². The molecule has 4 rings (SSSR count). The van der Waals surface area contributed by atoms with Gasteiger partial charge in [-0.15, -0.1) is 0 Å². The number of benzene rings is 2. The maximum Gasteiger partial charge on any atom is 0.173 e. The number of hydrogen-bond donors (Lipinski definition) is 1. The molecule has 0 amide bonds. The van der Waals surface area contributed by atoms with Gasteiger partial charge in [0.15, 0.2) is 11.7 Å². The van der Waals surface area contributed by atoms with E-state index in [1.807, 2.05) is 56.7 Å². The number of rotatable bonds is 3. The average Bonchev–Trinajstić information content (AvgIpc) is 3.13. The Bertz CT molecular complexity index is 978. The van der Waals surface area contributed by atoms with E-state index < -0.39 is 0 Å². The van der Waals surface area contributed by atoms with Crippen molar-refractivity contribution in [3.63, 3.8) is 0 Å². The second-order valence-corrected chi connectivity index (χ2v) is 6.67. The fourth-order valence-electron chi connectivity index (χ4n) is 3.23. The number of hydrogen-bond acceptors (Lipinski definition) is 6. The summed E-state index contributed by atoms with van der Waals surface area (Å²) in [5.74, 6) is 1.58. The summed E-state index contributed by atoms with van der Waals surface area (Å²) in [4.78, 5) is 13.4. The summed E-state index contributed by atoms with van der Waals surface area (Å²) in [6.45, 7) is 0.657. The van der Waals surface area contributed by atoms with Crippen molar-refractivity contribution in [1.82, 2.24) is 4.90 Å². The summed E-state index contributed by atoms with van der Waals surface area (Å²) in [7, 11) is 4.04. The lowest BCUT2D eigenvalue weighted by atomic mass is 10.0. The van der Waals surface area contributed by atoms with Crippen molar-refractivity contribution in [2.75, 3.05) is 30.9 Å². The Hall–Kier alpha value is -3.59. The highest BCUT2D eigenvalue weighted by molar-refractivity contribution is 6.45. The topological polar surface area (TPSA) is 67.0 Å². The van der Waals surface area contributed by atoms with Crippen LogP contribution in [0, 0.1) is 11.3 Å². The number of anilines is 2. The molecule has 134 valence electrons. The third kappa shape index (κ3) is 3.27.